The standard InChI is InChI=1S/C45H74N2O8Si/c1-13-51-35(8)28-50-29-36-15-18-38(19-16-36)43-39(31-54-56(32(2)3,33(4)5)34(6)7)26-47(44(48)55-45(9,10)11)27-42(43)53-30-37-17-20-41-40(25-37)46(22-24-52-41)21-14-23-49-12/h15-20,25,32-35,39,42-43H,13-14,21-24,26-31H2,1-12H3/t35?,39-,42-,43-/m0/s1. The van der Waals surface area contributed by atoms with Crippen LogP contribution in [-0.4, -0.2) is 103 Å². The predicted octanol–water partition coefficient (Wildman–Crippen LogP) is 9.59. The van der Waals surface area contributed by atoms with Gasteiger partial charge in [0.25, 0.3) is 0 Å². The fraction of sp³-hybridized carbons (Fsp3) is 0.711. The molecule has 0 saturated carbocycles. The summed E-state index contributed by atoms with van der Waals surface area (Å²) < 4.78 is 43.4. The molecule has 0 spiro atoms. The average Bonchev–Trinajstić information content (AvgIpc) is 3.13. The monoisotopic (exact) mass is 799 g/mol. The molecule has 0 aromatic heterocycles. The summed E-state index contributed by atoms with van der Waals surface area (Å²) in [6.07, 6.45) is 0.363. The molecule has 4 rings (SSSR count). The Balaban J connectivity index is 1.69. The van der Waals surface area contributed by atoms with Crippen LogP contribution in [0, 0.1) is 5.92 Å². The van der Waals surface area contributed by atoms with Crippen LogP contribution >= 0.6 is 0 Å². The van der Waals surface area contributed by atoms with Crippen molar-refractivity contribution in [3.63, 3.8) is 0 Å². The summed E-state index contributed by atoms with van der Waals surface area (Å²) in [6.45, 7) is 30.4. The van der Waals surface area contributed by atoms with Gasteiger partial charge in [-0.15, -0.1) is 0 Å². The molecule has 11 heteroatoms. The highest BCUT2D eigenvalue weighted by atomic mass is 28.4. The number of hydrogen-bond donors (Lipinski definition) is 0. The lowest BCUT2D eigenvalue weighted by molar-refractivity contribution is -0.0594. The van der Waals surface area contributed by atoms with Crippen LogP contribution in [0.5, 0.6) is 5.75 Å². The van der Waals surface area contributed by atoms with Crippen LogP contribution in [0.15, 0.2) is 42.5 Å². The van der Waals surface area contributed by atoms with Gasteiger partial charge in [-0.2, -0.15) is 0 Å². The molecule has 4 atom stereocenters. The number of methoxy groups -OCH3 is 1. The Kier molecular flexibility index (Phi) is 17.6. The Morgan fingerprint density at radius 3 is 2.23 bits per heavy atom. The normalized spacial score (nSPS) is 19.7. The number of amides is 1. The second-order valence-corrected chi connectivity index (χ2v) is 23.1. The summed E-state index contributed by atoms with van der Waals surface area (Å²) in [5, 5.41) is 0. The molecule has 2 aliphatic rings. The Labute approximate surface area is 340 Å². The van der Waals surface area contributed by atoms with Gasteiger partial charge in [0.05, 0.1) is 50.8 Å². The summed E-state index contributed by atoms with van der Waals surface area (Å²) >= 11 is 0. The fourth-order valence-electron chi connectivity index (χ4n) is 8.89. The number of likely N-dealkylation sites (tertiary alicyclic amines) is 1. The fourth-order valence-corrected chi connectivity index (χ4v) is 14.4. The lowest BCUT2D eigenvalue weighted by atomic mass is 9.78. The number of nitrogens with zero attached hydrogens (tertiary/aromatic N) is 2. The quantitative estimate of drug-likeness (QED) is 0.0960. The Morgan fingerprint density at radius 2 is 1.61 bits per heavy atom. The second-order valence-electron chi connectivity index (χ2n) is 17.7. The van der Waals surface area contributed by atoms with Gasteiger partial charge in [0.2, 0.25) is 0 Å². The van der Waals surface area contributed by atoms with Crippen LogP contribution in [0.25, 0.3) is 0 Å². The summed E-state index contributed by atoms with van der Waals surface area (Å²) in [5.74, 6) is 0.851. The minimum absolute atomic E-state index is 0.0215. The van der Waals surface area contributed by atoms with E-state index in [1.54, 1.807) is 7.11 Å². The lowest BCUT2D eigenvalue weighted by Crippen LogP contribution is -2.55. The van der Waals surface area contributed by atoms with Crippen LogP contribution in [0.3, 0.4) is 0 Å². The van der Waals surface area contributed by atoms with E-state index in [1.165, 1.54) is 5.56 Å². The molecule has 0 bridgehead atoms. The number of rotatable bonds is 20. The lowest BCUT2D eigenvalue weighted by Gasteiger charge is -2.47. The number of carbonyl (C=O) groups is 1. The van der Waals surface area contributed by atoms with Crippen molar-refractivity contribution in [1.82, 2.24) is 4.90 Å². The van der Waals surface area contributed by atoms with Crippen molar-refractivity contribution in [2.24, 2.45) is 5.92 Å². The van der Waals surface area contributed by atoms with Crippen molar-refractivity contribution in [2.45, 2.75) is 136 Å². The highest BCUT2D eigenvalue weighted by Gasteiger charge is 2.48. The zero-order chi connectivity index (χ0) is 41.0. The van der Waals surface area contributed by atoms with Crippen molar-refractivity contribution in [3.05, 3.63) is 59.2 Å². The molecule has 2 aromatic rings. The van der Waals surface area contributed by atoms with Crippen molar-refractivity contribution >= 4 is 20.1 Å². The van der Waals surface area contributed by atoms with Gasteiger partial charge >= 0.3 is 6.09 Å². The van der Waals surface area contributed by atoms with E-state index in [4.69, 9.17) is 32.8 Å². The van der Waals surface area contributed by atoms with Crippen molar-refractivity contribution in [3.8, 4) is 5.75 Å². The van der Waals surface area contributed by atoms with Gasteiger partial charge in [0.1, 0.15) is 18.0 Å². The highest BCUT2D eigenvalue weighted by Crippen LogP contribution is 2.44. The van der Waals surface area contributed by atoms with Crippen molar-refractivity contribution in [2.75, 3.05) is 71.2 Å². The number of hydrogen-bond acceptors (Lipinski definition) is 9. The van der Waals surface area contributed by atoms with Gasteiger partial charge in [-0.3, -0.25) is 0 Å². The maximum atomic E-state index is 13.9. The molecule has 56 heavy (non-hydrogen) atoms. The number of benzene rings is 2. The molecule has 1 amide bonds. The maximum absolute atomic E-state index is 13.9. The van der Waals surface area contributed by atoms with Crippen LogP contribution in [0.2, 0.25) is 16.6 Å². The summed E-state index contributed by atoms with van der Waals surface area (Å²) in [7, 11) is -0.478. The molecular formula is C45H74N2O8Si. The Hall–Kier alpha value is -2.67. The topological polar surface area (TPSA) is 88.2 Å². The van der Waals surface area contributed by atoms with Crippen LogP contribution in [0.4, 0.5) is 10.5 Å². The molecule has 2 aromatic carbocycles. The predicted molar refractivity (Wildman–Crippen MR) is 227 cm³/mol. The molecule has 10 nitrogen and oxygen atoms in total. The van der Waals surface area contributed by atoms with Crippen LogP contribution < -0.4 is 9.64 Å². The Bertz CT molecular complexity index is 1460. The first-order valence-corrected chi connectivity index (χ1v) is 23.2. The smallest absolute Gasteiger partial charge is 0.410 e. The third-order valence-corrected chi connectivity index (χ3v) is 17.4. The maximum Gasteiger partial charge on any atom is 0.410 e. The van der Waals surface area contributed by atoms with Gasteiger partial charge in [-0.25, -0.2) is 4.79 Å². The highest BCUT2D eigenvalue weighted by molar-refractivity contribution is 6.77. The second kappa shape index (κ2) is 21.4. The molecule has 316 valence electrons. The van der Waals surface area contributed by atoms with Crippen molar-refractivity contribution in [1.29, 1.82) is 0 Å². The molecule has 2 aliphatic heterocycles. The largest absolute Gasteiger partial charge is 0.490 e. The van der Waals surface area contributed by atoms with Crippen molar-refractivity contribution < 1.29 is 37.6 Å². The first-order chi connectivity index (χ1) is 26.6. The molecule has 0 N–H and O–H groups in total. The van der Waals surface area contributed by atoms with Gasteiger partial charge in [-0.05, 0) is 86.5 Å². The average molecular weight is 799 g/mol. The number of fused-ring (bicyclic) bond motifs is 1. The Morgan fingerprint density at radius 1 is 0.929 bits per heavy atom. The van der Waals surface area contributed by atoms with Gasteiger partial charge < -0.3 is 42.6 Å². The molecule has 1 saturated heterocycles. The van der Waals surface area contributed by atoms with Gasteiger partial charge in [-0.1, -0.05) is 71.9 Å². The van der Waals surface area contributed by atoms with E-state index in [2.05, 4.69) is 88.9 Å². The molecule has 1 unspecified atom stereocenters. The number of ether oxygens (including phenoxy) is 6. The van der Waals surface area contributed by atoms with Crippen LogP contribution in [-0.2, 0) is 41.3 Å². The van der Waals surface area contributed by atoms with Crippen LogP contribution in [0.1, 0.15) is 105 Å². The van der Waals surface area contributed by atoms with Gasteiger partial charge in [0.15, 0.2) is 8.32 Å². The van der Waals surface area contributed by atoms with E-state index in [9.17, 15) is 4.79 Å². The first-order valence-electron chi connectivity index (χ1n) is 21.1. The third kappa shape index (κ3) is 12.4. The molecule has 2 heterocycles. The number of piperidine rings is 1. The summed E-state index contributed by atoms with van der Waals surface area (Å²) in [5.41, 5.74) is 5.11. The first kappa shape index (κ1) is 46.0. The molecule has 0 radical (unpaired) electrons. The zero-order valence-corrected chi connectivity index (χ0v) is 37.7. The molecule has 0 aliphatic carbocycles. The SMILES string of the molecule is CCOC(C)COCc1ccc([C@H]2[C@H](CO[Si](C(C)C)(C(C)C)C(C)C)CN(C(=O)OC(C)(C)C)C[C@@H]2OCc2ccc3c(c2)N(CCCOC)CCO3)cc1. The van der Waals surface area contributed by atoms with E-state index >= 15 is 0 Å². The van der Waals surface area contributed by atoms with E-state index < -0.39 is 13.9 Å². The summed E-state index contributed by atoms with van der Waals surface area (Å²) in [4.78, 5) is 18.1. The summed E-state index contributed by atoms with van der Waals surface area (Å²) in [6, 6.07) is 15.1. The van der Waals surface area contributed by atoms with Gasteiger partial charge in [0, 0.05) is 51.9 Å². The van der Waals surface area contributed by atoms with E-state index in [-0.39, 0.29) is 30.1 Å². The van der Waals surface area contributed by atoms with E-state index in [1.807, 2.05) is 39.5 Å². The zero-order valence-electron chi connectivity index (χ0n) is 36.7. The third-order valence-electron chi connectivity index (χ3n) is 11.3. The van der Waals surface area contributed by atoms with E-state index in [0.717, 1.165) is 42.1 Å². The minimum Gasteiger partial charge on any atom is -0.490 e. The molecule has 1 fully saturated rings. The molecular weight excluding hydrogens is 725 g/mol. The minimum atomic E-state index is -2.22. The number of anilines is 1. The number of carbonyl (C=O) groups excluding carboxylic acids is 1. The van der Waals surface area contributed by atoms with E-state index in [0.29, 0.717) is 76.0 Å².